The molecule has 0 spiro atoms. The lowest BCUT2D eigenvalue weighted by atomic mass is 9.78. The highest BCUT2D eigenvalue weighted by atomic mass is 16.2. The third kappa shape index (κ3) is 1.86. The number of barbiturate groups is 1. The van der Waals surface area contributed by atoms with Gasteiger partial charge < -0.3 is 0 Å². The first kappa shape index (κ1) is 14.2. The molecule has 1 heterocycles. The normalized spacial score (nSPS) is 19.1. The smallest absolute Gasteiger partial charge is 0.273 e. The minimum Gasteiger partial charge on any atom is -0.273 e. The van der Waals surface area contributed by atoms with Crippen molar-refractivity contribution < 1.29 is 14.4 Å². The lowest BCUT2D eigenvalue weighted by Gasteiger charge is -2.41. The monoisotopic (exact) mass is 251 g/mol. The van der Waals surface area contributed by atoms with Crippen LogP contribution in [0.4, 0.5) is 4.79 Å². The van der Waals surface area contributed by atoms with E-state index in [2.05, 4.69) is 0 Å². The average Bonchev–Trinajstić information content (AvgIpc) is 2.38. The Morgan fingerprint density at radius 1 is 1.17 bits per heavy atom. The van der Waals surface area contributed by atoms with Gasteiger partial charge in [0.25, 0.3) is 0 Å². The van der Waals surface area contributed by atoms with Gasteiger partial charge in [-0.25, -0.2) is 4.79 Å². The molecule has 1 saturated heterocycles. The van der Waals surface area contributed by atoms with Crippen molar-refractivity contribution >= 4 is 17.8 Å². The van der Waals surface area contributed by atoms with Gasteiger partial charge in [-0.1, -0.05) is 13.8 Å². The summed E-state index contributed by atoms with van der Waals surface area (Å²) in [5.74, 6) is -0.924. The van der Waals surface area contributed by atoms with Gasteiger partial charge in [0.15, 0.2) is 0 Å². The summed E-state index contributed by atoms with van der Waals surface area (Å²) in [7, 11) is 1.37. The summed E-state index contributed by atoms with van der Waals surface area (Å²) < 4.78 is 0. The van der Waals surface area contributed by atoms with Crippen LogP contribution in [0.25, 0.3) is 0 Å². The van der Waals surface area contributed by atoms with Crippen molar-refractivity contribution in [3.63, 3.8) is 0 Å². The fourth-order valence-electron chi connectivity index (χ4n) is 2.24. The summed E-state index contributed by atoms with van der Waals surface area (Å²) in [5, 5.41) is 8.55. The molecule has 98 valence electrons. The van der Waals surface area contributed by atoms with E-state index in [-0.39, 0.29) is 13.0 Å². The van der Waals surface area contributed by atoms with Gasteiger partial charge >= 0.3 is 6.03 Å². The van der Waals surface area contributed by atoms with Crippen molar-refractivity contribution in [2.24, 2.45) is 5.41 Å². The summed E-state index contributed by atoms with van der Waals surface area (Å²) in [6.45, 7) is 3.55. The molecular formula is C12H17N3O3. The van der Waals surface area contributed by atoms with Gasteiger partial charge in [0.05, 0.1) is 12.5 Å². The van der Waals surface area contributed by atoms with Crippen LogP contribution in [0.3, 0.4) is 0 Å². The van der Waals surface area contributed by atoms with Crippen molar-refractivity contribution in [2.45, 2.75) is 33.1 Å². The molecule has 0 N–H and O–H groups in total. The zero-order valence-electron chi connectivity index (χ0n) is 10.9. The Hall–Kier alpha value is -1.90. The number of nitrogens with zero attached hydrogens (tertiary/aromatic N) is 3. The zero-order valence-corrected chi connectivity index (χ0v) is 10.9. The first-order valence-corrected chi connectivity index (χ1v) is 5.97. The SMILES string of the molecule is CCC1(CC)C(=O)N(C)C(=O)N(CCC#N)C1=O. The van der Waals surface area contributed by atoms with Gasteiger partial charge in [0, 0.05) is 13.6 Å². The number of amides is 4. The Kier molecular flexibility index (Phi) is 4.07. The Labute approximate surface area is 106 Å². The highest BCUT2D eigenvalue weighted by molar-refractivity contribution is 6.18. The molecule has 0 unspecified atom stereocenters. The van der Waals surface area contributed by atoms with Gasteiger partial charge in [0.1, 0.15) is 5.41 Å². The van der Waals surface area contributed by atoms with Gasteiger partial charge in [-0.15, -0.1) is 0 Å². The summed E-state index contributed by atoms with van der Waals surface area (Å²) in [4.78, 5) is 38.3. The molecule has 0 aromatic carbocycles. The molecule has 0 radical (unpaired) electrons. The predicted molar refractivity (Wildman–Crippen MR) is 63.1 cm³/mol. The molecule has 4 amide bonds. The molecule has 0 bridgehead atoms. The summed E-state index contributed by atoms with van der Waals surface area (Å²) in [5.41, 5.74) is -1.15. The standard InChI is InChI=1S/C12H17N3O3/c1-4-12(5-2)9(16)14(3)11(18)15(10(12)17)8-6-7-13/h4-6,8H2,1-3H3. The fourth-order valence-corrected chi connectivity index (χ4v) is 2.24. The number of rotatable bonds is 4. The van der Waals surface area contributed by atoms with Crippen LogP contribution in [0, 0.1) is 16.7 Å². The summed E-state index contributed by atoms with van der Waals surface area (Å²) in [6.07, 6.45) is 0.771. The van der Waals surface area contributed by atoms with Gasteiger partial charge in [-0.05, 0) is 12.8 Å². The molecule has 0 aliphatic carbocycles. The Balaban J connectivity index is 3.16. The van der Waals surface area contributed by atoms with Crippen LogP contribution in [-0.4, -0.2) is 41.2 Å². The van der Waals surface area contributed by atoms with Crippen LogP contribution >= 0.6 is 0 Å². The van der Waals surface area contributed by atoms with E-state index in [9.17, 15) is 14.4 Å². The quantitative estimate of drug-likeness (QED) is 0.701. The minimum absolute atomic E-state index is 0.0353. The van der Waals surface area contributed by atoms with E-state index in [4.69, 9.17) is 5.26 Å². The predicted octanol–water partition coefficient (Wildman–Crippen LogP) is 1.13. The van der Waals surface area contributed by atoms with Crippen LogP contribution in [0.1, 0.15) is 33.1 Å². The van der Waals surface area contributed by atoms with Crippen LogP contribution in [0.2, 0.25) is 0 Å². The number of hydrogen-bond acceptors (Lipinski definition) is 4. The van der Waals surface area contributed by atoms with Gasteiger partial charge in [0.2, 0.25) is 11.8 Å². The second-order valence-electron chi connectivity index (χ2n) is 4.30. The van der Waals surface area contributed by atoms with Crippen LogP contribution in [0.5, 0.6) is 0 Å². The Morgan fingerprint density at radius 3 is 2.17 bits per heavy atom. The van der Waals surface area contributed by atoms with E-state index >= 15 is 0 Å². The molecule has 0 saturated carbocycles. The molecule has 0 aromatic heterocycles. The maximum absolute atomic E-state index is 12.3. The lowest BCUT2D eigenvalue weighted by molar-refractivity contribution is -0.158. The number of nitriles is 1. The van der Waals surface area contributed by atoms with E-state index in [1.807, 2.05) is 6.07 Å². The fraction of sp³-hybridized carbons (Fsp3) is 0.667. The number of imide groups is 2. The maximum Gasteiger partial charge on any atom is 0.333 e. The van der Waals surface area contributed by atoms with Gasteiger partial charge in [-0.3, -0.25) is 19.4 Å². The maximum atomic E-state index is 12.3. The molecule has 0 atom stereocenters. The second-order valence-corrected chi connectivity index (χ2v) is 4.30. The highest BCUT2D eigenvalue weighted by Gasteiger charge is 2.53. The van der Waals surface area contributed by atoms with Crippen molar-refractivity contribution in [1.82, 2.24) is 9.80 Å². The van der Waals surface area contributed by atoms with Gasteiger partial charge in [-0.2, -0.15) is 5.26 Å². The van der Waals surface area contributed by atoms with E-state index in [0.717, 1.165) is 9.80 Å². The molecule has 6 nitrogen and oxygen atoms in total. The van der Waals surface area contributed by atoms with Crippen LogP contribution in [-0.2, 0) is 9.59 Å². The average molecular weight is 251 g/mol. The summed E-state index contributed by atoms with van der Waals surface area (Å²) >= 11 is 0. The van der Waals surface area contributed by atoms with E-state index < -0.39 is 23.3 Å². The third-order valence-electron chi connectivity index (χ3n) is 3.54. The van der Waals surface area contributed by atoms with E-state index in [1.165, 1.54) is 7.05 Å². The minimum atomic E-state index is -1.15. The molecule has 1 fully saturated rings. The first-order chi connectivity index (χ1) is 8.46. The number of carbonyl (C=O) groups is 3. The van der Waals surface area contributed by atoms with Crippen molar-refractivity contribution in [1.29, 1.82) is 5.26 Å². The third-order valence-corrected chi connectivity index (χ3v) is 3.54. The van der Waals surface area contributed by atoms with E-state index in [1.54, 1.807) is 13.8 Å². The molecule has 6 heteroatoms. The lowest BCUT2D eigenvalue weighted by Crippen LogP contribution is -2.63. The number of carbonyl (C=O) groups excluding carboxylic acids is 3. The van der Waals surface area contributed by atoms with Crippen LogP contribution in [0.15, 0.2) is 0 Å². The van der Waals surface area contributed by atoms with Crippen molar-refractivity contribution in [3.8, 4) is 6.07 Å². The highest BCUT2D eigenvalue weighted by Crippen LogP contribution is 2.35. The number of urea groups is 1. The van der Waals surface area contributed by atoms with Crippen LogP contribution < -0.4 is 0 Å². The Morgan fingerprint density at radius 2 is 1.72 bits per heavy atom. The second kappa shape index (κ2) is 5.17. The Bertz CT molecular complexity index is 421. The summed E-state index contributed by atoms with van der Waals surface area (Å²) in [6, 6.07) is 1.26. The molecule has 1 rings (SSSR count). The van der Waals surface area contributed by atoms with Crippen molar-refractivity contribution in [3.05, 3.63) is 0 Å². The van der Waals surface area contributed by atoms with E-state index in [0.29, 0.717) is 12.8 Å². The molecular weight excluding hydrogens is 234 g/mol. The molecule has 18 heavy (non-hydrogen) atoms. The molecule has 0 aromatic rings. The largest absolute Gasteiger partial charge is 0.333 e. The number of hydrogen-bond donors (Lipinski definition) is 0. The topological polar surface area (TPSA) is 81.5 Å². The van der Waals surface area contributed by atoms with Crippen molar-refractivity contribution in [2.75, 3.05) is 13.6 Å². The molecule has 1 aliphatic heterocycles. The zero-order chi connectivity index (χ0) is 13.9. The molecule has 1 aliphatic rings. The first-order valence-electron chi connectivity index (χ1n) is 5.97.